The number of carbonyl (C=O) groups is 1. The summed E-state index contributed by atoms with van der Waals surface area (Å²) in [5.74, 6) is -0.407. The van der Waals surface area contributed by atoms with Gasteiger partial charge in [-0.2, -0.15) is 4.31 Å². The average Bonchev–Trinajstić information content (AvgIpc) is 2.87. The molecule has 2 aromatic rings. The second-order valence-corrected chi connectivity index (χ2v) is 8.22. The van der Waals surface area contributed by atoms with Gasteiger partial charge in [0.2, 0.25) is 5.91 Å². The molecule has 112 valence electrons. The molecule has 0 aliphatic carbocycles. The Hall–Kier alpha value is -1.41. The average molecular weight is 345 g/mol. The van der Waals surface area contributed by atoms with Crippen LogP contribution in [0, 0.1) is 0 Å². The Bertz CT molecular complexity index is 729. The fourth-order valence-electron chi connectivity index (χ4n) is 1.60. The van der Waals surface area contributed by atoms with Crippen molar-refractivity contribution >= 4 is 44.6 Å². The number of para-hydroxylation sites is 1. The lowest BCUT2D eigenvalue weighted by atomic mass is 10.3. The van der Waals surface area contributed by atoms with Crippen molar-refractivity contribution in [2.45, 2.75) is 4.21 Å². The minimum Gasteiger partial charge on any atom is -0.325 e. The summed E-state index contributed by atoms with van der Waals surface area (Å²) in [5, 5.41) is 2.63. The summed E-state index contributed by atoms with van der Waals surface area (Å²) in [6, 6.07) is 11.8. The second kappa shape index (κ2) is 6.57. The second-order valence-electron chi connectivity index (χ2n) is 4.23. The highest BCUT2D eigenvalue weighted by Gasteiger charge is 2.24. The van der Waals surface area contributed by atoms with Crippen molar-refractivity contribution in [3.63, 3.8) is 0 Å². The van der Waals surface area contributed by atoms with E-state index in [0.717, 1.165) is 15.6 Å². The van der Waals surface area contributed by atoms with Gasteiger partial charge in [0.15, 0.2) is 0 Å². The molecule has 0 fully saturated rings. The van der Waals surface area contributed by atoms with Gasteiger partial charge in [-0.3, -0.25) is 4.79 Å². The van der Waals surface area contributed by atoms with Crippen molar-refractivity contribution in [1.29, 1.82) is 0 Å². The van der Waals surface area contributed by atoms with Gasteiger partial charge in [0.1, 0.15) is 4.21 Å². The Labute approximate surface area is 132 Å². The lowest BCUT2D eigenvalue weighted by Crippen LogP contribution is -2.34. The molecule has 1 heterocycles. The van der Waals surface area contributed by atoms with E-state index in [0.29, 0.717) is 10.0 Å². The van der Waals surface area contributed by atoms with E-state index in [4.69, 9.17) is 11.6 Å². The molecule has 0 saturated heterocycles. The fourth-order valence-corrected chi connectivity index (χ4v) is 4.42. The van der Waals surface area contributed by atoms with Crippen molar-refractivity contribution in [2.75, 3.05) is 18.9 Å². The number of amides is 1. The van der Waals surface area contributed by atoms with Crippen LogP contribution in [0.15, 0.2) is 46.7 Å². The summed E-state index contributed by atoms with van der Waals surface area (Å²) >= 11 is 6.70. The molecular weight excluding hydrogens is 332 g/mol. The van der Waals surface area contributed by atoms with Crippen LogP contribution in [0.2, 0.25) is 4.34 Å². The molecule has 0 aliphatic heterocycles. The molecule has 1 N–H and O–H groups in total. The van der Waals surface area contributed by atoms with Crippen LogP contribution in [-0.2, 0) is 14.8 Å². The molecule has 0 unspecified atom stereocenters. The zero-order valence-electron chi connectivity index (χ0n) is 11.1. The summed E-state index contributed by atoms with van der Waals surface area (Å²) in [5.41, 5.74) is 0.618. The highest BCUT2D eigenvalue weighted by molar-refractivity contribution is 7.91. The minimum atomic E-state index is -3.70. The number of halogens is 1. The maximum Gasteiger partial charge on any atom is 0.252 e. The molecule has 0 bridgehead atoms. The molecule has 0 radical (unpaired) electrons. The molecule has 0 spiro atoms. The van der Waals surface area contributed by atoms with Crippen LogP contribution in [0.3, 0.4) is 0 Å². The zero-order chi connectivity index (χ0) is 15.5. The molecule has 0 atom stereocenters. The third kappa shape index (κ3) is 4.04. The fraction of sp³-hybridized carbons (Fsp3) is 0.154. The Kier molecular flexibility index (Phi) is 5.00. The van der Waals surface area contributed by atoms with E-state index in [2.05, 4.69) is 5.32 Å². The largest absolute Gasteiger partial charge is 0.325 e. The van der Waals surface area contributed by atoms with E-state index in [1.807, 2.05) is 6.07 Å². The number of likely N-dealkylation sites (N-methyl/N-ethyl adjacent to an activating group) is 1. The number of benzene rings is 1. The highest BCUT2D eigenvalue weighted by Crippen LogP contribution is 2.27. The third-order valence-corrected chi connectivity index (χ3v) is 6.14. The SMILES string of the molecule is CN(CC(=O)Nc1ccccc1)S(=O)(=O)c1ccc(Cl)s1. The molecule has 0 saturated carbocycles. The van der Waals surface area contributed by atoms with Gasteiger partial charge in [0, 0.05) is 12.7 Å². The predicted octanol–water partition coefficient (Wildman–Crippen LogP) is 2.66. The number of hydrogen-bond donors (Lipinski definition) is 1. The standard InChI is InChI=1S/C13H13ClN2O3S2/c1-16(21(18,19)13-8-7-11(14)20-13)9-12(17)15-10-5-3-2-4-6-10/h2-8H,9H2,1H3,(H,15,17). The van der Waals surface area contributed by atoms with Crippen LogP contribution in [0.25, 0.3) is 0 Å². The maximum atomic E-state index is 12.2. The molecule has 0 aliphatic rings. The Morgan fingerprint density at radius 2 is 1.90 bits per heavy atom. The lowest BCUT2D eigenvalue weighted by Gasteiger charge is -2.15. The third-order valence-electron chi connectivity index (χ3n) is 2.64. The number of nitrogens with zero attached hydrogens (tertiary/aromatic N) is 1. The Balaban J connectivity index is 2.04. The maximum absolute atomic E-state index is 12.2. The normalized spacial score (nSPS) is 11.6. The summed E-state index contributed by atoms with van der Waals surface area (Å²) in [6.45, 7) is -0.271. The van der Waals surface area contributed by atoms with Crippen LogP contribution >= 0.6 is 22.9 Å². The topological polar surface area (TPSA) is 66.5 Å². The van der Waals surface area contributed by atoms with Gasteiger partial charge in [-0.1, -0.05) is 29.8 Å². The highest BCUT2D eigenvalue weighted by atomic mass is 35.5. The number of carbonyl (C=O) groups excluding carboxylic acids is 1. The van der Waals surface area contributed by atoms with Gasteiger partial charge in [0.25, 0.3) is 10.0 Å². The van der Waals surface area contributed by atoms with Gasteiger partial charge in [0.05, 0.1) is 10.9 Å². The number of hydrogen-bond acceptors (Lipinski definition) is 4. The smallest absolute Gasteiger partial charge is 0.252 e. The summed E-state index contributed by atoms with van der Waals surface area (Å²) < 4.78 is 26.0. The number of thiophene rings is 1. The van der Waals surface area contributed by atoms with Crippen LogP contribution in [-0.4, -0.2) is 32.2 Å². The summed E-state index contributed by atoms with van der Waals surface area (Å²) in [7, 11) is -2.34. The van der Waals surface area contributed by atoms with E-state index in [-0.39, 0.29) is 10.8 Å². The first-order valence-corrected chi connectivity index (χ1v) is 8.59. The summed E-state index contributed by atoms with van der Waals surface area (Å²) in [6.07, 6.45) is 0. The van der Waals surface area contributed by atoms with Crippen molar-refractivity contribution in [2.24, 2.45) is 0 Å². The molecule has 2 rings (SSSR count). The number of rotatable bonds is 5. The molecule has 5 nitrogen and oxygen atoms in total. The van der Waals surface area contributed by atoms with Crippen molar-refractivity contribution in [3.05, 3.63) is 46.8 Å². The Morgan fingerprint density at radius 1 is 1.24 bits per heavy atom. The monoisotopic (exact) mass is 344 g/mol. The quantitative estimate of drug-likeness (QED) is 0.906. The predicted molar refractivity (Wildman–Crippen MR) is 84.2 cm³/mol. The minimum absolute atomic E-state index is 0.113. The van der Waals surface area contributed by atoms with Crippen LogP contribution < -0.4 is 5.32 Å². The van der Waals surface area contributed by atoms with E-state index >= 15 is 0 Å². The summed E-state index contributed by atoms with van der Waals surface area (Å²) in [4.78, 5) is 11.9. The lowest BCUT2D eigenvalue weighted by molar-refractivity contribution is -0.116. The van der Waals surface area contributed by atoms with E-state index < -0.39 is 15.9 Å². The van der Waals surface area contributed by atoms with Crippen LogP contribution in [0.1, 0.15) is 0 Å². The van der Waals surface area contributed by atoms with Gasteiger partial charge in [-0.15, -0.1) is 11.3 Å². The van der Waals surface area contributed by atoms with Crippen molar-refractivity contribution in [3.8, 4) is 0 Å². The molecular formula is C13H13ClN2O3S2. The molecule has 1 amide bonds. The van der Waals surface area contributed by atoms with Crippen molar-refractivity contribution in [1.82, 2.24) is 4.31 Å². The number of nitrogens with one attached hydrogen (secondary N) is 1. The van der Waals surface area contributed by atoms with Crippen molar-refractivity contribution < 1.29 is 13.2 Å². The van der Waals surface area contributed by atoms with E-state index in [9.17, 15) is 13.2 Å². The first-order chi connectivity index (χ1) is 9.89. The van der Waals surface area contributed by atoms with Gasteiger partial charge < -0.3 is 5.32 Å². The molecule has 21 heavy (non-hydrogen) atoms. The molecule has 8 heteroatoms. The van der Waals surface area contributed by atoms with Gasteiger partial charge in [-0.25, -0.2) is 8.42 Å². The molecule has 1 aromatic heterocycles. The van der Waals surface area contributed by atoms with E-state index in [1.54, 1.807) is 24.3 Å². The van der Waals surface area contributed by atoms with E-state index in [1.165, 1.54) is 19.2 Å². The van der Waals surface area contributed by atoms with Gasteiger partial charge in [-0.05, 0) is 24.3 Å². The van der Waals surface area contributed by atoms with Crippen LogP contribution in [0.5, 0.6) is 0 Å². The van der Waals surface area contributed by atoms with Gasteiger partial charge >= 0.3 is 0 Å². The zero-order valence-corrected chi connectivity index (χ0v) is 13.5. The Morgan fingerprint density at radius 3 is 2.48 bits per heavy atom. The first kappa shape index (κ1) is 16.0. The van der Waals surface area contributed by atoms with Crippen LogP contribution in [0.4, 0.5) is 5.69 Å². The first-order valence-electron chi connectivity index (χ1n) is 5.96. The number of sulfonamides is 1. The molecule has 1 aromatic carbocycles. The number of anilines is 1.